The van der Waals surface area contributed by atoms with Gasteiger partial charge < -0.3 is 51.2 Å². The molecule has 0 aromatic carbocycles. The Morgan fingerprint density at radius 1 is 0.863 bits per heavy atom. The molecular weight excluding hydrogens is 737 g/mol. The molecule has 18 heteroatoms. The molecule has 51 heavy (non-hydrogen) atoms. The van der Waals surface area contributed by atoms with Crippen molar-refractivity contribution in [2.24, 2.45) is 0 Å². The quantitative estimate of drug-likeness (QED) is 0.242. The van der Waals surface area contributed by atoms with Crippen LogP contribution in [0, 0.1) is 0 Å². The van der Waals surface area contributed by atoms with Crippen molar-refractivity contribution in [1.82, 2.24) is 9.34 Å². The Kier molecular flexibility index (Phi) is 11.2. The summed E-state index contributed by atoms with van der Waals surface area (Å²) in [6, 6.07) is 0.576. The average molecular weight is 797 g/mol. The highest BCUT2D eigenvalue weighted by Gasteiger charge is 2.63. The first-order valence-electron chi connectivity index (χ1n) is 20.2. The minimum Gasteiger partial charge on any atom is -0.427 e. The van der Waals surface area contributed by atoms with Gasteiger partial charge in [-0.25, -0.2) is 9.34 Å². The van der Waals surface area contributed by atoms with Gasteiger partial charge in [0.2, 0.25) is 7.65 Å². The molecule has 9 aliphatic rings. The maximum absolute atomic E-state index is 8.12. The zero-order valence-electron chi connectivity index (χ0n) is 32.7. The minimum atomic E-state index is -2.86. The van der Waals surface area contributed by atoms with Crippen molar-refractivity contribution in [1.29, 1.82) is 2.57 Å². The van der Waals surface area contributed by atoms with Crippen LogP contribution in [0.25, 0.3) is 0 Å². The fraction of sp³-hybridized carbons (Fsp3) is 1.00. The predicted octanol–water partition coefficient (Wildman–Crippen LogP) is 5.04. The SMILES string of the molecule is CC(C)N1C[C@@H]2O[C@H]3OC4(CCCC4)O[C@H]3[C@@H]2OP1Cl.[2H][Si](C)([B][3H])OCC1OC(C)CC1OP1O[C@H]2[C@@H]3OC4(CCCC4)O[C@@H]3O[C@H]2CN1C(C)C. The van der Waals surface area contributed by atoms with E-state index >= 15 is 0 Å². The summed E-state index contributed by atoms with van der Waals surface area (Å²) in [6.07, 6.45) is 7.22. The highest BCUT2D eigenvalue weighted by atomic mass is 35.7. The van der Waals surface area contributed by atoms with Crippen LogP contribution in [-0.2, 0) is 51.2 Å². The van der Waals surface area contributed by atoms with Crippen molar-refractivity contribution in [3.05, 3.63) is 0 Å². The van der Waals surface area contributed by atoms with Crippen LogP contribution >= 0.6 is 27.4 Å². The summed E-state index contributed by atoms with van der Waals surface area (Å²) in [6.45, 7) is 14.0. The lowest BCUT2D eigenvalue weighted by Gasteiger charge is -2.43. The Morgan fingerprint density at radius 3 is 1.96 bits per heavy atom. The van der Waals surface area contributed by atoms with Gasteiger partial charge in [0.05, 0.1) is 18.8 Å². The van der Waals surface area contributed by atoms with E-state index in [1.165, 1.54) is 0 Å². The maximum atomic E-state index is 8.12. The molecule has 2 spiro atoms. The molecule has 7 aliphatic heterocycles. The van der Waals surface area contributed by atoms with Crippen molar-refractivity contribution < 1.29 is 51.2 Å². The number of hydrogen-bond donors (Lipinski definition) is 0. The molecule has 7 heterocycles. The van der Waals surface area contributed by atoms with E-state index in [2.05, 4.69) is 37.0 Å². The van der Waals surface area contributed by atoms with Crippen molar-refractivity contribution in [3.8, 4) is 0 Å². The minimum absolute atomic E-state index is 0.00338. The van der Waals surface area contributed by atoms with Gasteiger partial charge in [-0.1, -0.05) is 6.55 Å². The highest BCUT2D eigenvalue weighted by Crippen LogP contribution is 2.59. The fourth-order valence-electron chi connectivity index (χ4n) is 8.86. The van der Waals surface area contributed by atoms with Gasteiger partial charge >= 0.3 is 0 Å². The van der Waals surface area contributed by atoms with E-state index in [1.807, 2.05) is 6.92 Å². The lowest BCUT2D eigenvalue weighted by molar-refractivity contribution is -0.231. The Hall–Kier alpha value is 0.912. The Labute approximate surface area is 315 Å². The first-order valence-corrected chi connectivity index (χ1v) is 24.3. The van der Waals surface area contributed by atoms with Gasteiger partial charge in [-0.2, -0.15) is 0 Å². The summed E-state index contributed by atoms with van der Waals surface area (Å²) < 4.78 is 88.2. The molecule has 9 fully saturated rings. The molecule has 0 amide bonds. The van der Waals surface area contributed by atoms with Crippen LogP contribution < -0.4 is 0 Å². The number of fused-ring (bicyclic) bond motifs is 6. The number of nitrogens with zero attached hydrogens (tertiary/aromatic N) is 2. The molecule has 0 bridgehead atoms. The van der Waals surface area contributed by atoms with E-state index < -0.39 is 36.6 Å². The second kappa shape index (κ2) is 15.7. The van der Waals surface area contributed by atoms with Crippen molar-refractivity contribution in [3.63, 3.8) is 0 Å². The molecule has 7 saturated heterocycles. The second-order valence-electron chi connectivity index (χ2n) is 16.0. The summed E-state index contributed by atoms with van der Waals surface area (Å²) >= 11 is 6.40. The Balaban J connectivity index is 0.000000170. The normalized spacial score (nSPS) is 47.2. The van der Waals surface area contributed by atoms with E-state index in [4.69, 9.17) is 65.0 Å². The van der Waals surface area contributed by atoms with Gasteiger partial charge in [-0.05, 0) is 72.9 Å². The summed E-state index contributed by atoms with van der Waals surface area (Å²) in [5.41, 5.74) is 0. The van der Waals surface area contributed by atoms with E-state index in [-0.39, 0.29) is 80.2 Å². The summed E-state index contributed by atoms with van der Waals surface area (Å²) in [4.78, 5) is 0. The smallest absolute Gasteiger partial charge is 0.259 e. The third-order valence-corrected chi connectivity index (χ3v) is 16.3. The molecular formula is C33H57BClN2O11P2Si. The largest absolute Gasteiger partial charge is 0.427 e. The van der Waals surface area contributed by atoms with Gasteiger partial charge in [0.1, 0.15) is 59.0 Å². The van der Waals surface area contributed by atoms with Crippen LogP contribution in [0.4, 0.5) is 0 Å². The van der Waals surface area contributed by atoms with Crippen molar-refractivity contribution in [2.45, 2.75) is 190 Å². The standard InChI is InChI=1S/C20H36BNO7PSi.C13H21ClNO4P/c1-12(2)22-10-15-17(18-19(25-15)27-20(26-18)7-5-6-8-20)29-30(22)28-14-9-13(3)24-16(14)11-23-31(4)21;1-8(2)15-7-9-10(19-20(15)14)11-12(16-9)18-13(17-11)5-3-4-6-13/h12-19,21,31H,5-11H2,1-4H3;8-12H,3-7H2,1-2H3/t13?,14?,15-,16?,17+,18-,19-,30?,31?;9-,10+,11-,12-,20?/m00/s1/i21T,31D;. The molecule has 2 aliphatic carbocycles. The third kappa shape index (κ3) is 7.93. The van der Waals surface area contributed by atoms with Crippen molar-refractivity contribution in [2.75, 3.05) is 19.7 Å². The number of halogens is 1. The Morgan fingerprint density at radius 2 is 1.41 bits per heavy atom. The molecule has 9 rings (SSSR count). The first-order chi connectivity index (χ1) is 25.3. The lowest BCUT2D eigenvalue weighted by Crippen LogP contribution is -2.49. The number of ether oxygens (including phenoxy) is 7. The van der Waals surface area contributed by atoms with Crippen LogP contribution in [-0.4, -0.2) is 139 Å². The number of hydrogen-bond acceptors (Lipinski definition) is 13. The number of rotatable bonds is 8. The molecule has 0 N–H and O–H groups in total. The van der Waals surface area contributed by atoms with Crippen LogP contribution in [0.2, 0.25) is 6.55 Å². The van der Waals surface area contributed by atoms with Crippen LogP contribution in [0.5, 0.6) is 0 Å². The van der Waals surface area contributed by atoms with Crippen LogP contribution in [0.1, 0.15) is 92.4 Å². The van der Waals surface area contributed by atoms with Gasteiger partial charge in [-0.3, -0.25) is 0 Å². The molecule has 14 atom stereocenters. The monoisotopic (exact) mass is 796 g/mol. The molecule has 0 aromatic rings. The molecule has 13 nitrogen and oxygen atoms in total. The topological polar surface area (TPSA) is 108 Å². The summed E-state index contributed by atoms with van der Waals surface area (Å²) in [5, 5.41) is 0. The molecule has 2 saturated carbocycles. The second-order valence-corrected chi connectivity index (χ2v) is 21.0. The Bertz CT molecular complexity index is 1290. The predicted molar refractivity (Wildman–Crippen MR) is 195 cm³/mol. The zero-order valence-corrected chi connectivity index (χ0v) is 34.3. The fourth-order valence-corrected chi connectivity index (χ4v) is 13.4. The molecule has 1 radical (unpaired) electrons. The van der Waals surface area contributed by atoms with Gasteiger partial charge in [-0.15, -0.1) is 0 Å². The van der Waals surface area contributed by atoms with Crippen molar-refractivity contribution >= 4 is 43.7 Å². The summed E-state index contributed by atoms with van der Waals surface area (Å²) in [5.74, 6) is -0.908. The van der Waals surface area contributed by atoms with Crippen LogP contribution in [0.15, 0.2) is 0 Å². The lowest BCUT2D eigenvalue weighted by atomic mass is 10.1. The first kappa shape index (κ1) is 36.3. The van der Waals surface area contributed by atoms with Crippen LogP contribution in [0.3, 0.4) is 0 Å². The molecule has 6 unspecified atom stereocenters. The van der Waals surface area contributed by atoms with E-state index in [0.29, 0.717) is 12.6 Å². The maximum Gasteiger partial charge on any atom is 0.259 e. The summed E-state index contributed by atoms with van der Waals surface area (Å²) in [7, 11) is -4.17. The van der Waals surface area contributed by atoms with E-state index in [1.54, 1.807) is 6.55 Å². The van der Waals surface area contributed by atoms with Gasteiger partial charge in [0, 0.05) is 58.5 Å². The third-order valence-electron chi connectivity index (χ3n) is 11.5. The van der Waals surface area contributed by atoms with Gasteiger partial charge in [0.25, 0.3) is 8.53 Å². The molecule has 0 aromatic heterocycles. The van der Waals surface area contributed by atoms with E-state index in [9.17, 15) is 0 Å². The van der Waals surface area contributed by atoms with Gasteiger partial charge in [0.15, 0.2) is 24.2 Å². The van der Waals surface area contributed by atoms with E-state index in [0.717, 1.165) is 71.7 Å². The zero-order chi connectivity index (χ0) is 37.3. The molecule has 289 valence electrons. The average Bonchev–Trinajstić information content (AvgIpc) is 3.98. The highest BCUT2D eigenvalue weighted by molar-refractivity contribution is 7.78.